The monoisotopic (exact) mass is 376 g/mol. The Morgan fingerprint density at radius 1 is 1.11 bits per heavy atom. The van der Waals surface area contributed by atoms with Crippen molar-refractivity contribution < 1.29 is 9.53 Å². The molecule has 0 spiro atoms. The minimum Gasteiger partial charge on any atom is -0.466 e. The largest absolute Gasteiger partial charge is 0.466 e. The molecule has 3 aromatic rings. The predicted octanol–water partition coefficient (Wildman–Crippen LogP) is 3.40. The summed E-state index contributed by atoms with van der Waals surface area (Å²) in [4.78, 5) is 18.4. The van der Waals surface area contributed by atoms with Crippen LogP contribution >= 0.6 is 0 Å². The molecule has 0 saturated carbocycles. The highest BCUT2D eigenvalue weighted by Gasteiger charge is 2.27. The molecule has 1 aliphatic heterocycles. The van der Waals surface area contributed by atoms with Crippen LogP contribution in [0.2, 0.25) is 0 Å². The van der Waals surface area contributed by atoms with Crippen molar-refractivity contribution in [2.45, 2.75) is 26.2 Å². The number of esters is 1. The standard InChI is InChI=1S/C22H24N4O2/c1-2-28-22(27)17-9-12-26(13-10-17)21-19-8-4-3-7-18(19)20(24-25-21)14-16-6-5-11-23-15-16/h3-8,11,15,17H,2,9-10,12-14H2,1H3. The number of ether oxygens (including phenoxy) is 1. The molecule has 28 heavy (non-hydrogen) atoms. The van der Waals surface area contributed by atoms with Crippen molar-refractivity contribution >= 4 is 22.6 Å². The van der Waals surface area contributed by atoms with E-state index in [1.54, 1.807) is 6.20 Å². The van der Waals surface area contributed by atoms with Crippen LogP contribution in [-0.4, -0.2) is 40.8 Å². The molecule has 1 aliphatic rings. The molecule has 2 aromatic heterocycles. The predicted molar refractivity (Wildman–Crippen MR) is 108 cm³/mol. The van der Waals surface area contributed by atoms with Crippen LogP contribution in [0.5, 0.6) is 0 Å². The summed E-state index contributed by atoms with van der Waals surface area (Å²) in [6.45, 7) is 3.85. The van der Waals surface area contributed by atoms with Gasteiger partial charge in [-0.05, 0) is 31.4 Å². The molecule has 1 aromatic carbocycles. The summed E-state index contributed by atoms with van der Waals surface area (Å²) in [6.07, 6.45) is 5.91. The maximum absolute atomic E-state index is 12.0. The van der Waals surface area contributed by atoms with Crippen LogP contribution in [-0.2, 0) is 16.0 Å². The van der Waals surface area contributed by atoms with E-state index in [1.165, 1.54) is 0 Å². The number of rotatable bonds is 5. The first-order valence-electron chi connectivity index (χ1n) is 9.81. The fourth-order valence-corrected chi connectivity index (χ4v) is 3.79. The summed E-state index contributed by atoms with van der Waals surface area (Å²) in [6, 6.07) is 12.3. The van der Waals surface area contributed by atoms with Crippen LogP contribution in [0.25, 0.3) is 10.8 Å². The van der Waals surface area contributed by atoms with Gasteiger partial charge in [-0.15, -0.1) is 5.10 Å². The average Bonchev–Trinajstić information content (AvgIpc) is 2.75. The molecular weight excluding hydrogens is 352 g/mol. The van der Waals surface area contributed by atoms with Crippen molar-refractivity contribution in [3.63, 3.8) is 0 Å². The minimum atomic E-state index is -0.0788. The van der Waals surface area contributed by atoms with E-state index in [2.05, 4.69) is 38.3 Å². The lowest BCUT2D eigenvalue weighted by molar-refractivity contribution is -0.148. The Kier molecular flexibility index (Phi) is 5.46. The third-order valence-electron chi connectivity index (χ3n) is 5.25. The molecule has 1 saturated heterocycles. The summed E-state index contributed by atoms with van der Waals surface area (Å²) in [5.41, 5.74) is 2.07. The molecular formula is C22H24N4O2. The fourth-order valence-electron chi connectivity index (χ4n) is 3.79. The molecule has 3 heterocycles. The molecule has 0 bridgehead atoms. The second-order valence-electron chi connectivity index (χ2n) is 7.07. The van der Waals surface area contributed by atoms with E-state index in [0.29, 0.717) is 13.0 Å². The number of carbonyl (C=O) groups excluding carboxylic acids is 1. The van der Waals surface area contributed by atoms with E-state index in [-0.39, 0.29) is 11.9 Å². The first-order chi connectivity index (χ1) is 13.8. The number of aromatic nitrogens is 3. The molecule has 6 nitrogen and oxygen atoms in total. The summed E-state index contributed by atoms with van der Waals surface area (Å²) in [5, 5.41) is 11.3. The van der Waals surface area contributed by atoms with E-state index in [9.17, 15) is 4.79 Å². The Balaban J connectivity index is 1.58. The second-order valence-corrected chi connectivity index (χ2v) is 7.07. The van der Waals surface area contributed by atoms with Gasteiger partial charge < -0.3 is 9.64 Å². The topological polar surface area (TPSA) is 68.2 Å². The van der Waals surface area contributed by atoms with Crippen LogP contribution < -0.4 is 4.90 Å². The van der Waals surface area contributed by atoms with E-state index in [4.69, 9.17) is 4.74 Å². The third kappa shape index (κ3) is 3.81. The molecule has 0 N–H and O–H groups in total. The number of pyridine rings is 1. The van der Waals surface area contributed by atoms with Crippen molar-refractivity contribution in [2.75, 3.05) is 24.6 Å². The van der Waals surface area contributed by atoms with Crippen molar-refractivity contribution in [2.24, 2.45) is 5.92 Å². The number of nitrogens with zero attached hydrogens (tertiary/aromatic N) is 4. The molecule has 0 aliphatic carbocycles. The number of hydrogen-bond donors (Lipinski definition) is 0. The summed E-state index contributed by atoms with van der Waals surface area (Å²) >= 11 is 0. The van der Waals surface area contributed by atoms with Crippen LogP contribution in [0.1, 0.15) is 31.0 Å². The zero-order chi connectivity index (χ0) is 19.3. The van der Waals surface area contributed by atoms with Gasteiger partial charge in [0, 0.05) is 42.7 Å². The highest BCUT2D eigenvalue weighted by Crippen LogP contribution is 2.30. The normalized spacial score (nSPS) is 15.0. The van der Waals surface area contributed by atoms with Gasteiger partial charge in [-0.25, -0.2) is 0 Å². The quantitative estimate of drug-likeness (QED) is 0.636. The van der Waals surface area contributed by atoms with Crippen LogP contribution in [0.3, 0.4) is 0 Å². The SMILES string of the molecule is CCOC(=O)C1CCN(c2nnc(Cc3cccnc3)c3ccccc23)CC1. The molecule has 0 radical (unpaired) electrons. The van der Waals surface area contributed by atoms with Crippen molar-refractivity contribution in [3.05, 3.63) is 60.0 Å². The van der Waals surface area contributed by atoms with Gasteiger partial charge in [0.1, 0.15) is 0 Å². The summed E-state index contributed by atoms with van der Waals surface area (Å²) < 4.78 is 5.17. The van der Waals surface area contributed by atoms with Gasteiger partial charge in [0.15, 0.2) is 5.82 Å². The zero-order valence-corrected chi connectivity index (χ0v) is 16.0. The molecule has 0 amide bonds. The van der Waals surface area contributed by atoms with Gasteiger partial charge in [-0.3, -0.25) is 9.78 Å². The molecule has 144 valence electrons. The van der Waals surface area contributed by atoms with Gasteiger partial charge in [0.25, 0.3) is 0 Å². The van der Waals surface area contributed by atoms with Crippen molar-refractivity contribution in [1.82, 2.24) is 15.2 Å². The Bertz CT molecular complexity index is 953. The molecule has 1 fully saturated rings. The maximum atomic E-state index is 12.0. The minimum absolute atomic E-state index is 0.0136. The molecule has 6 heteroatoms. The number of piperidine rings is 1. The van der Waals surface area contributed by atoms with Gasteiger partial charge in [-0.1, -0.05) is 30.3 Å². The highest BCUT2D eigenvalue weighted by atomic mass is 16.5. The first kappa shape index (κ1) is 18.3. The van der Waals surface area contributed by atoms with Crippen LogP contribution in [0, 0.1) is 5.92 Å². The molecule has 0 unspecified atom stereocenters. The maximum Gasteiger partial charge on any atom is 0.309 e. The van der Waals surface area contributed by atoms with Crippen LogP contribution in [0.15, 0.2) is 48.8 Å². The molecule has 4 rings (SSSR count). The Labute approximate surface area is 164 Å². The lowest BCUT2D eigenvalue weighted by Crippen LogP contribution is -2.37. The summed E-state index contributed by atoms with van der Waals surface area (Å²) in [5.74, 6) is 0.804. The van der Waals surface area contributed by atoms with E-state index in [0.717, 1.165) is 53.8 Å². The van der Waals surface area contributed by atoms with Gasteiger partial charge in [0.2, 0.25) is 0 Å². The van der Waals surface area contributed by atoms with Gasteiger partial charge in [-0.2, -0.15) is 5.10 Å². The first-order valence-corrected chi connectivity index (χ1v) is 9.81. The van der Waals surface area contributed by atoms with Crippen LogP contribution in [0.4, 0.5) is 5.82 Å². The number of benzene rings is 1. The second kappa shape index (κ2) is 8.33. The van der Waals surface area contributed by atoms with Gasteiger partial charge in [0.05, 0.1) is 18.2 Å². The third-order valence-corrected chi connectivity index (χ3v) is 5.25. The number of anilines is 1. The number of carbonyl (C=O) groups is 1. The van der Waals surface area contributed by atoms with E-state index >= 15 is 0 Å². The van der Waals surface area contributed by atoms with E-state index < -0.39 is 0 Å². The Hall–Kier alpha value is -3.02. The van der Waals surface area contributed by atoms with Crippen molar-refractivity contribution in [1.29, 1.82) is 0 Å². The lowest BCUT2D eigenvalue weighted by Gasteiger charge is -2.32. The number of fused-ring (bicyclic) bond motifs is 1. The summed E-state index contributed by atoms with van der Waals surface area (Å²) in [7, 11) is 0. The Morgan fingerprint density at radius 3 is 2.61 bits per heavy atom. The van der Waals surface area contributed by atoms with Gasteiger partial charge >= 0.3 is 5.97 Å². The van der Waals surface area contributed by atoms with E-state index in [1.807, 2.05) is 31.3 Å². The smallest absolute Gasteiger partial charge is 0.309 e. The average molecular weight is 376 g/mol. The molecule has 0 atom stereocenters. The highest BCUT2D eigenvalue weighted by molar-refractivity contribution is 5.93. The lowest BCUT2D eigenvalue weighted by atomic mass is 9.96. The fraction of sp³-hybridized carbons (Fsp3) is 0.364. The number of hydrogen-bond acceptors (Lipinski definition) is 6. The van der Waals surface area contributed by atoms with Crippen molar-refractivity contribution in [3.8, 4) is 0 Å². The Morgan fingerprint density at radius 2 is 1.89 bits per heavy atom. The zero-order valence-electron chi connectivity index (χ0n) is 16.0.